The van der Waals surface area contributed by atoms with E-state index < -0.39 is 0 Å². The third-order valence-corrected chi connectivity index (χ3v) is 2.52. The molecule has 0 spiro atoms. The Hall–Kier alpha value is -0.480. The van der Waals surface area contributed by atoms with Gasteiger partial charge < -0.3 is 5.32 Å². The van der Waals surface area contributed by atoms with E-state index in [0.29, 0.717) is 6.04 Å². The molecule has 0 radical (unpaired) electrons. The fourth-order valence-corrected chi connectivity index (χ4v) is 1.57. The number of nitrogens with one attached hydrogen (secondary N) is 1. The third kappa shape index (κ3) is 4.95. The largest absolute Gasteiger partial charge is 0.313 e. The Labute approximate surface area is 82.3 Å². The van der Waals surface area contributed by atoms with Crippen molar-refractivity contribution < 1.29 is 0 Å². The van der Waals surface area contributed by atoms with Gasteiger partial charge in [0, 0.05) is 12.5 Å². The van der Waals surface area contributed by atoms with Gasteiger partial charge in [0.1, 0.15) is 0 Å². The van der Waals surface area contributed by atoms with Gasteiger partial charge in [0.25, 0.3) is 0 Å². The first kappa shape index (κ1) is 10.6. The van der Waals surface area contributed by atoms with Gasteiger partial charge in [-0.3, -0.25) is 0 Å². The van der Waals surface area contributed by atoms with Crippen molar-refractivity contribution in [2.45, 2.75) is 52.0 Å². The van der Waals surface area contributed by atoms with E-state index in [1.54, 1.807) is 0 Å². The lowest BCUT2D eigenvalue weighted by Gasteiger charge is -2.15. The molecule has 1 aliphatic rings. The summed E-state index contributed by atoms with van der Waals surface area (Å²) in [5.74, 6) is 7.16. The molecule has 0 aliphatic heterocycles. The van der Waals surface area contributed by atoms with Gasteiger partial charge in [-0.2, -0.15) is 0 Å². The average molecular weight is 179 g/mol. The molecule has 1 heteroatoms. The second-order valence-electron chi connectivity index (χ2n) is 3.96. The van der Waals surface area contributed by atoms with Gasteiger partial charge in [-0.05, 0) is 32.2 Å². The molecule has 74 valence electrons. The Kier molecular flexibility index (Phi) is 4.93. The highest BCUT2D eigenvalue weighted by atomic mass is 14.9. The zero-order valence-corrected chi connectivity index (χ0v) is 8.90. The zero-order valence-electron chi connectivity index (χ0n) is 8.90. The Morgan fingerprint density at radius 1 is 1.46 bits per heavy atom. The van der Waals surface area contributed by atoms with Crippen LogP contribution in [0.5, 0.6) is 0 Å². The van der Waals surface area contributed by atoms with Crippen LogP contribution in [-0.4, -0.2) is 12.6 Å². The maximum atomic E-state index is 3.57. The molecule has 1 rings (SSSR count). The Bertz CT molecular complexity index is 183. The van der Waals surface area contributed by atoms with Gasteiger partial charge in [-0.15, -0.1) is 11.8 Å². The van der Waals surface area contributed by atoms with Crippen LogP contribution in [-0.2, 0) is 0 Å². The highest BCUT2D eigenvalue weighted by Gasteiger charge is 2.24. The summed E-state index contributed by atoms with van der Waals surface area (Å²) >= 11 is 0. The second kappa shape index (κ2) is 6.05. The number of hydrogen-bond donors (Lipinski definition) is 1. The highest BCUT2D eigenvalue weighted by Crippen LogP contribution is 2.33. The topological polar surface area (TPSA) is 12.0 Å². The van der Waals surface area contributed by atoms with Crippen LogP contribution in [0.25, 0.3) is 0 Å². The number of rotatable bonds is 6. The second-order valence-corrected chi connectivity index (χ2v) is 3.96. The third-order valence-electron chi connectivity index (χ3n) is 2.52. The van der Waals surface area contributed by atoms with Crippen molar-refractivity contribution in [1.82, 2.24) is 5.32 Å². The van der Waals surface area contributed by atoms with Crippen molar-refractivity contribution >= 4 is 0 Å². The van der Waals surface area contributed by atoms with Gasteiger partial charge in [0.15, 0.2) is 0 Å². The fraction of sp³-hybridized carbons (Fsp3) is 0.833. The van der Waals surface area contributed by atoms with Crippen molar-refractivity contribution in [2.24, 2.45) is 5.92 Å². The van der Waals surface area contributed by atoms with Crippen LogP contribution in [0.15, 0.2) is 0 Å². The van der Waals surface area contributed by atoms with Crippen molar-refractivity contribution in [3.05, 3.63) is 0 Å². The molecule has 1 unspecified atom stereocenters. The maximum absolute atomic E-state index is 3.57. The molecule has 0 aromatic heterocycles. The molecule has 1 N–H and O–H groups in total. The molecule has 0 bridgehead atoms. The minimum Gasteiger partial charge on any atom is -0.313 e. The molecule has 0 saturated heterocycles. The SMILES string of the molecule is CC#CCC(CC1CC1)NCCC. The Morgan fingerprint density at radius 3 is 2.77 bits per heavy atom. The Morgan fingerprint density at radius 2 is 2.23 bits per heavy atom. The lowest BCUT2D eigenvalue weighted by molar-refractivity contribution is 0.465. The van der Waals surface area contributed by atoms with Gasteiger partial charge >= 0.3 is 0 Å². The average Bonchev–Trinajstić information content (AvgIpc) is 2.93. The maximum Gasteiger partial charge on any atom is 0.0243 e. The summed E-state index contributed by atoms with van der Waals surface area (Å²) in [6.45, 7) is 5.28. The normalized spacial score (nSPS) is 17.7. The van der Waals surface area contributed by atoms with Crippen LogP contribution < -0.4 is 5.32 Å². The lowest BCUT2D eigenvalue weighted by atomic mass is 10.1. The van der Waals surface area contributed by atoms with Gasteiger partial charge in [0.2, 0.25) is 0 Å². The van der Waals surface area contributed by atoms with Gasteiger partial charge in [0.05, 0.1) is 0 Å². The fourth-order valence-electron chi connectivity index (χ4n) is 1.57. The Balaban J connectivity index is 2.18. The van der Waals surface area contributed by atoms with Crippen molar-refractivity contribution in [1.29, 1.82) is 0 Å². The standard InChI is InChI=1S/C12H21N/c1-3-5-6-12(13-9-4-2)10-11-7-8-11/h11-13H,4,6-10H2,1-2H3. The molecule has 0 aromatic rings. The highest BCUT2D eigenvalue weighted by molar-refractivity contribution is 4.99. The van der Waals surface area contributed by atoms with Gasteiger partial charge in [-0.25, -0.2) is 0 Å². The molecule has 1 nitrogen and oxygen atoms in total. The summed E-state index contributed by atoms with van der Waals surface area (Å²) in [5.41, 5.74) is 0. The monoisotopic (exact) mass is 179 g/mol. The molecular formula is C12H21N. The molecule has 0 amide bonds. The lowest BCUT2D eigenvalue weighted by Crippen LogP contribution is -2.29. The molecular weight excluding hydrogens is 158 g/mol. The van der Waals surface area contributed by atoms with E-state index in [1.165, 1.54) is 25.7 Å². The van der Waals surface area contributed by atoms with E-state index in [2.05, 4.69) is 24.1 Å². The molecule has 0 aromatic carbocycles. The first-order chi connectivity index (χ1) is 6.36. The quantitative estimate of drug-likeness (QED) is 0.618. The predicted molar refractivity (Wildman–Crippen MR) is 57.5 cm³/mol. The zero-order chi connectivity index (χ0) is 9.52. The van der Waals surface area contributed by atoms with Crippen LogP contribution in [0.2, 0.25) is 0 Å². The minimum absolute atomic E-state index is 0.653. The van der Waals surface area contributed by atoms with Crippen LogP contribution in [0.4, 0.5) is 0 Å². The van der Waals surface area contributed by atoms with E-state index >= 15 is 0 Å². The minimum atomic E-state index is 0.653. The van der Waals surface area contributed by atoms with E-state index in [4.69, 9.17) is 0 Å². The molecule has 0 heterocycles. The summed E-state index contributed by atoms with van der Waals surface area (Å²) < 4.78 is 0. The molecule has 13 heavy (non-hydrogen) atoms. The van der Waals surface area contributed by atoms with E-state index in [-0.39, 0.29) is 0 Å². The van der Waals surface area contributed by atoms with Crippen LogP contribution in [0.1, 0.15) is 46.0 Å². The summed E-state index contributed by atoms with van der Waals surface area (Å²) in [7, 11) is 0. The van der Waals surface area contributed by atoms with E-state index in [9.17, 15) is 0 Å². The summed E-state index contributed by atoms with van der Waals surface area (Å²) in [6, 6.07) is 0.653. The first-order valence-electron chi connectivity index (χ1n) is 5.49. The van der Waals surface area contributed by atoms with Gasteiger partial charge in [-0.1, -0.05) is 19.8 Å². The molecule has 1 atom stereocenters. The number of hydrogen-bond acceptors (Lipinski definition) is 1. The van der Waals surface area contributed by atoms with E-state index in [0.717, 1.165) is 18.9 Å². The molecule has 1 saturated carbocycles. The van der Waals surface area contributed by atoms with Crippen LogP contribution in [0, 0.1) is 17.8 Å². The summed E-state index contributed by atoms with van der Waals surface area (Å²) in [6.07, 6.45) is 6.50. The van der Waals surface area contributed by atoms with Crippen molar-refractivity contribution in [2.75, 3.05) is 6.54 Å². The summed E-state index contributed by atoms with van der Waals surface area (Å²) in [5, 5.41) is 3.57. The first-order valence-corrected chi connectivity index (χ1v) is 5.49. The predicted octanol–water partition coefficient (Wildman–Crippen LogP) is 2.57. The van der Waals surface area contributed by atoms with Crippen molar-refractivity contribution in [3.63, 3.8) is 0 Å². The molecule has 1 fully saturated rings. The van der Waals surface area contributed by atoms with Crippen molar-refractivity contribution in [3.8, 4) is 11.8 Å². The molecule has 1 aliphatic carbocycles. The van der Waals surface area contributed by atoms with Crippen LogP contribution >= 0.6 is 0 Å². The summed E-state index contributed by atoms with van der Waals surface area (Å²) in [4.78, 5) is 0. The smallest absolute Gasteiger partial charge is 0.0243 e. The van der Waals surface area contributed by atoms with E-state index in [1.807, 2.05) is 6.92 Å². The van der Waals surface area contributed by atoms with Crippen LogP contribution in [0.3, 0.4) is 0 Å².